The molecule has 0 aliphatic heterocycles. The molecule has 0 radical (unpaired) electrons. The first-order valence-corrected chi connectivity index (χ1v) is 6.21. The Morgan fingerprint density at radius 3 is 2.58 bits per heavy atom. The Kier molecular flexibility index (Phi) is 2.88. The topological polar surface area (TPSA) is 20.2 Å². The van der Waals surface area contributed by atoms with Crippen LogP contribution in [-0.2, 0) is 0 Å². The van der Waals surface area contributed by atoms with E-state index in [1.807, 2.05) is 24.3 Å². The number of fused-ring (bicyclic) bond motifs is 1. The summed E-state index contributed by atoms with van der Waals surface area (Å²) in [7, 11) is 0. The van der Waals surface area contributed by atoms with Crippen molar-refractivity contribution in [2.75, 3.05) is 0 Å². The van der Waals surface area contributed by atoms with Gasteiger partial charge in [0.05, 0.1) is 0 Å². The van der Waals surface area contributed by atoms with E-state index in [1.165, 1.54) is 18.2 Å². The van der Waals surface area contributed by atoms with Gasteiger partial charge < -0.3 is 5.11 Å². The van der Waals surface area contributed by atoms with Crippen LogP contribution in [0.15, 0.2) is 54.6 Å². The minimum Gasteiger partial charge on any atom is -0.507 e. The number of halogens is 2. The summed E-state index contributed by atoms with van der Waals surface area (Å²) in [6.07, 6.45) is 0. The first-order chi connectivity index (χ1) is 9.16. The van der Waals surface area contributed by atoms with Gasteiger partial charge in [0.25, 0.3) is 0 Å². The third-order valence-electron chi connectivity index (χ3n) is 3.10. The van der Waals surface area contributed by atoms with Crippen molar-refractivity contribution < 1.29 is 9.50 Å². The molecule has 0 saturated carbocycles. The second-order valence-corrected chi connectivity index (χ2v) is 4.74. The van der Waals surface area contributed by atoms with E-state index >= 15 is 0 Å². The molecule has 0 saturated heterocycles. The van der Waals surface area contributed by atoms with Crippen LogP contribution in [0.3, 0.4) is 0 Å². The molecule has 0 aromatic heterocycles. The summed E-state index contributed by atoms with van der Waals surface area (Å²) < 4.78 is 14.0. The SMILES string of the molecule is Oc1ccc2ccccc2c1-c1cc(Cl)ccc1F. The van der Waals surface area contributed by atoms with Gasteiger partial charge in [0.1, 0.15) is 11.6 Å². The van der Waals surface area contributed by atoms with Crippen molar-refractivity contribution in [2.45, 2.75) is 0 Å². The lowest BCUT2D eigenvalue weighted by Crippen LogP contribution is -1.87. The Labute approximate surface area is 114 Å². The maximum Gasteiger partial charge on any atom is 0.131 e. The lowest BCUT2D eigenvalue weighted by molar-refractivity contribution is 0.477. The van der Waals surface area contributed by atoms with E-state index in [9.17, 15) is 9.50 Å². The van der Waals surface area contributed by atoms with Gasteiger partial charge in [0.2, 0.25) is 0 Å². The minimum absolute atomic E-state index is 0.0415. The zero-order valence-electron chi connectivity index (χ0n) is 9.90. The molecule has 94 valence electrons. The summed E-state index contributed by atoms with van der Waals surface area (Å²) in [5.74, 6) is -0.365. The van der Waals surface area contributed by atoms with E-state index in [0.29, 0.717) is 16.1 Å². The number of rotatable bonds is 1. The van der Waals surface area contributed by atoms with E-state index in [1.54, 1.807) is 12.1 Å². The van der Waals surface area contributed by atoms with Gasteiger partial charge in [-0.25, -0.2) is 4.39 Å². The van der Waals surface area contributed by atoms with Crippen molar-refractivity contribution in [1.82, 2.24) is 0 Å². The molecule has 3 heteroatoms. The number of hydrogen-bond donors (Lipinski definition) is 1. The fourth-order valence-electron chi connectivity index (χ4n) is 2.23. The van der Waals surface area contributed by atoms with E-state index in [4.69, 9.17) is 11.6 Å². The summed E-state index contributed by atoms with van der Waals surface area (Å²) in [4.78, 5) is 0. The van der Waals surface area contributed by atoms with Gasteiger partial charge in [-0.2, -0.15) is 0 Å². The maximum absolute atomic E-state index is 14.0. The average molecular weight is 273 g/mol. The van der Waals surface area contributed by atoms with Gasteiger partial charge >= 0.3 is 0 Å². The zero-order valence-corrected chi connectivity index (χ0v) is 10.7. The van der Waals surface area contributed by atoms with Crippen LogP contribution in [-0.4, -0.2) is 5.11 Å². The van der Waals surface area contributed by atoms with Gasteiger partial charge in [0.15, 0.2) is 0 Å². The Balaban J connectivity index is 2.41. The van der Waals surface area contributed by atoms with Gasteiger partial charge in [0, 0.05) is 16.1 Å². The number of phenolic OH excluding ortho intramolecular Hbond substituents is 1. The average Bonchev–Trinajstić information content (AvgIpc) is 2.42. The molecule has 19 heavy (non-hydrogen) atoms. The van der Waals surface area contributed by atoms with Crippen molar-refractivity contribution in [1.29, 1.82) is 0 Å². The molecule has 3 aromatic rings. The molecule has 0 bridgehead atoms. The van der Waals surface area contributed by atoms with Crippen LogP contribution < -0.4 is 0 Å². The molecule has 0 fully saturated rings. The van der Waals surface area contributed by atoms with Gasteiger partial charge in [-0.15, -0.1) is 0 Å². The predicted molar refractivity (Wildman–Crippen MR) is 76.0 cm³/mol. The van der Waals surface area contributed by atoms with Crippen LogP contribution in [0.1, 0.15) is 0 Å². The van der Waals surface area contributed by atoms with Crippen LogP contribution in [0.25, 0.3) is 21.9 Å². The van der Waals surface area contributed by atoms with E-state index in [0.717, 1.165) is 10.8 Å². The molecular formula is C16H10ClFO. The van der Waals surface area contributed by atoms with Gasteiger partial charge in [-0.1, -0.05) is 41.9 Å². The summed E-state index contributed by atoms with van der Waals surface area (Å²) in [6, 6.07) is 15.2. The summed E-state index contributed by atoms with van der Waals surface area (Å²) in [6.45, 7) is 0. The van der Waals surface area contributed by atoms with Crippen LogP contribution in [0.2, 0.25) is 5.02 Å². The molecule has 0 amide bonds. The highest BCUT2D eigenvalue weighted by Crippen LogP contribution is 2.38. The van der Waals surface area contributed by atoms with Crippen molar-refractivity contribution in [3.8, 4) is 16.9 Å². The Bertz CT molecular complexity index is 768. The molecule has 0 aliphatic carbocycles. The number of aromatic hydroxyl groups is 1. The maximum atomic E-state index is 14.0. The molecule has 1 nitrogen and oxygen atoms in total. The highest BCUT2D eigenvalue weighted by molar-refractivity contribution is 6.31. The van der Waals surface area contributed by atoms with E-state index < -0.39 is 5.82 Å². The lowest BCUT2D eigenvalue weighted by Gasteiger charge is -2.10. The third-order valence-corrected chi connectivity index (χ3v) is 3.34. The Morgan fingerprint density at radius 1 is 0.947 bits per heavy atom. The van der Waals surface area contributed by atoms with Gasteiger partial charge in [-0.3, -0.25) is 0 Å². The smallest absolute Gasteiger partial charge is 0.131 e. The van der Waals surface area contributed by atoms with E-state index in [-0.39, 0.29) is 5.75 Å². The van der Waals surface area contributed by atoms with Crippen LogP contribution >= 0.6 is 11.6 Å². The van der Waals surface area contributed by atoms with Crippen LogP contribution in [0.5, 0.6) is 5.75 Å². The summed E-state index contributed by atoms with van der Waals surface area (Å²) in [5.41, 5.74) is 0.778. The molecule has 0 unspecified atom stereocenters. The molecular weight excluding hydrogens is 263 g/mol. The summed E-state index contributed by atoms with van der Waals surface area (Å²) >= 11 is 5.92. The summed E-state index contributed by atoms with van der Waals surface area (Å²) in [5, 5.41) is 12.2. The second kappa shape index (κ2) is 4.56. The number of benzene rings is 3. The Hall–Kier alpha value is -2.06. The number of phenols is 1. The van der Waals surface area contributed by atoms with E-state index in [2.05, 4.69) is 0 Å². The molecule has 0 spiro atoms. The van der Waals surface area contributed by atoms with Crippen molar-refractivity contribution >= 4 is 22.4 Å². The monoisotopic (exact) mass is 272 g/mol. The molecule has 3 aromatic carbocycles. The quantitative estimate of drug-likeness (QED) is 0.660. The first-order valence-electron chi connectivity index (χ1n) is 5.83. The minimum atomic E-state index is -0.406. The standard InChI is InChI=1S/C16H10ClFO/c17-11-6-7-14(18)13(9-11)16-12-4-2-1-3-10(12)5-8-15(16)19/h1-9,19H. The highest BCUT2D eigenvalue weighted by atomic mass is 35.5. The Morgan fingerprint density at radius 2 is 1.74 bits per heavy atom. The predicted octanol–water partition coefficient (Wildman–Crippen LogP) is 5.00. The fourth-order valence-corrected chi connectivity index (χ4v) is 2.40. The highest BCUT2D eigenvalue weighted by Gasteiger charge is 2.13. The van der Waals surface area contributed by atoms with Gasteiger partial charge in [-0.05, 0) is 35.0 Å². The molecule has 1 N–H and O–H groups in total. The van der Waals surface area contributed by atoms with Crippen molar-refractivity contribution in [3.63, 3.8) is 0 Å². The zero-order chi connectivity index (χ0) is 13.4. The second-order valence-electron chi connectivity index (χ2n) is 4.30. The number of hydrogen-bond acceptors (Lipinski definition) is 1. The fraction of sp³-hybridized carbons (Fsp3) is 0. The van der Waals surface area contributed by atoms with Crippen LogP contribution in [0, 0.1) is 5.82 Å². The van der Waals surface area contributed by atoms with Crippen molar-refractivity contribution in [3.05, 3.63) is 65.4 Å². The lowest BCUT2D eigenvalue weighted by atomic mass is 9.97. The first kappa shape index (κ1) is 12.0. The molecule has 3 rings (SSSR count). The molecule has 0 aliphatic rings. The largest absolute Gasteiger partial charge is 0.507 e. The van der Waals surface area contributed by atoms with Crippen LogP contribution in [0.4, 0.5) is 4.39 Å². The van der Waals surface area contributed by atoms with Crippen molar-refractivity contribution in [2.24, 2.45) is 0 Å². The third kappa shape index (κ3) is 2.04. The molecule has 0 heterocycles. The molecule has 0 atom stereocenters. The normalized spacial score (nSPS) is 10.8.